The molecular weight excluding hydrogens is 338 g/mol. The maximum absolute atomic E-state index is 5.58. The first-order chi connectivity index (χ1) is 11.3. The molecule has 132 valence electrons. The Kier molecular flexibility index (Phi) is 7.60. The Bertz CT molecular complexity index is 614. The van der Waals surface area contributed by atoms with Crippen molar-refractivity contribution in [2.75, 3.05) is 26.7 Å². The molecule has 1 aromatic carbocycles. The van der Waals surface area contributed by atoms with Gasteiger partial charge in [0.2, 0.25) is 0 Å². The second-order valence-corrected chi connectivity index (χ2v) is 7.37. The van der Waals surface area contributed by atoms with E-state index in [4.69, 9.17) is 4.74 Å². The average Bonchev–Trinajstić information content (AvgIpc) is 3.11. The Morgan fingerprint density at radius 3 is 2.83 bits per heavy atom. The number of halogens is 1. The highest BCUT2D eigenvalue weighted by atomic mass is 35.5. The number of benzene rings is 1. The highest BCUT2D eigenvalue weighted by Crippen LogP contribution is 2.37. The number of likely N-dealkylation sites (N-methyl/N-ethyl adjacent to an activating group) is 1. The summed E-state index contributed by atoms with van der Waals surface area (Å²) in [5, 5.41) is 2.18. The molecule has 0 fully saturated rings. The summed E-state index contributed by atoms with van der Waals surface area (Å²) < 4.78 is 5.58. The van der Waals surface area contributed by atoms with E-state index in [1.54, 1.807) is 7.11 Å². The highest BCUT2D eigenvalue weighted by Gasteiger charge is 2.24. The Hall–Kier alpha value is -1.03. The van der Waals surface area contributed by atoms with Crippen LogP contribution in [-0.2, 0) is 12.8 Å². The molecule has 1 aliphatic rings. The summed E-state index contributed by atoms with van der Waals surface area (Å²) in [6.07, 6.45) is 4.91. The van der Waals surface area contributed by atoms with E-state index >= 15 is 0 Å². The molecule has 0 aliphatic heterocycles. The molecule has 2 aromatic rings. The van der Waals surface area contributed by atoms with Crippen LogP contribution >= 0.6 is 23.7 Å². The number of fused-ring (bicyclic) bond motifs is 1. The molecule has 1 heterocycles. The molecule has 0 saturated heterocycles. The highest BCUT2D eigenvalue weighted by molar-refractivity contribution is 7.09. The van der Waals surface area contributed by atoms with E-state index < -0.39 is 0 Å². The van der Waals surface area contributed by atoms with E-state index in [0.29, 0.717) is 5.92 Å². The van der Waals surface area contributed by atoms with Crippen LogP contribution < -0.4 is 4.74 Å². The second-order valence-electron chi connectivity index (χ2n) is 6.34. The molecule has 2 nitrogen and oxygen atoms in total. The Morgan fingerprint density at radius 2 is 2.12 bits per heavy atom. The third kappa shape index (κ3) is 4.53. The van der Waals surface area contributed by atoms with Crippen LogP contribution in [0.25, 0.3) is 0 Å². The molecule has 0 radical (unpaired) electrons. The minimum Gasteiger partial charge on any atom is -0.496 e. The third-order valence-corrected chi connectivity index (χ3v) is 5.92. The Morgan fingerprint density at radius 1 is 1.25 bits per heavy atom. The molecule has 1 atom stereocenters. The van der Waals surface area contributed by atoms with Crippen LogP contribution in [0.2, 0.25) is 0 Å². The molecule has 0 amide bonds. The van der Waals surface area contributed by atoms with Gasteiger partial charge < -0.3 is 9.64 Å². The summed E-state index contributed by atoms with van der Waals surface area (Å²) in [6, 6.07) is 11.0. The lowest BCUT2D eigenvalue weighted by Crippen LogP contribution is -2.31. The maximum atomic E-state index is 5.58. The topological polar surface area (TPSA) is 12.5 Å². The van der Waals surface area contributed by atoms with Gasteiger partial charge in [-0.15, -0.1) is 23.7 Å². The van der Waals surface area contributed by atoms with Crippen LogP contribution in [0.5, 0.6) is 5.75 Å². The number of thiophene rings is 1. The van der Waals surface area contributed by atoms with Crippen LogP contribution in [0.3, 0.4) is 0 Å². The molecule has 4 heteroatoms. The van der Waals surface area contributed by atoms with Crippen molar-refractivity contribution in [1.82, 2.24) is 4.90 Å². The number of rotatable bonds is 7. The predicted octanol–water partition coefficient (Wildman–Crippen LogP) is 5.16. The van der Waals surface area contributed by atoms with Crippen molar-refractivity contribution in [2.45, 2.75) is 38.5 Å². The molecule has 3 rings (SSSR count). The summed E-state index contributed by atoms with van der Waals surface area (Å²) in [7, 11) is 1.79. The van der Waals surface area contributed by atoms with Crippen molar-refractivity contribution in [1.29, 1.82) is 0 Å². The van der Waals surface area contributed by atoms with E-state index in [-0.39, 0.29) is 12.4 Å². The van der Waals surface area contributed by atoms with Gasteiger partial charge in [-0.05, 0) is 66.8 Å². The van der Waals surface area contributed by atoms with Gasteiger partial charge in [0.05, 0.1) is 7.11 Å². The minimum atomic E-state index is 0. The normalized spacial score (nSPS) is 16.5. The quantitative estimate of drug-likeness (QED) is 0.671. The lowest BCUT2D eigenvalue weighted by atomic mass is 9.82. The summed E-state index contributed by atoms with van der Waals surface area (Å²) in [5.41, 5.74) is 2.96. The van der Waals surface area contributed by atoms with Crippen LogP contribution in [0.1, 0.15) is 41.7 Å². The van der Waals surface area contributed by atoms with Crippen molar-refractivity contribution in [3.05, 3.63) is 51.7 Å². The van der Waals surface area contributed by atoms with Gasteiger partial charge in [0.1, 0.15) is 5.75 Å². The van der Waals surface area contributed by atoms with Gasteiger partial charge in [-0.3, -0.25) is 0 Å². The van der Waals surface area contributed by atoms with Gasteiger partial charge in [-0.2, -0.15) is 0 Å². The van der Waals surface area contributed by atoms with Gasteiger partial charge in [0, 0.05) is 18.0 Å². The minimum absolute atomic E-state index is 0. The van der Waals surface area contributed by atoms with Crippen molar-refractivity contribution < 1.29 is 4.74 Å². The molecule has 0 saturated carbocycles. The van der Waals surface area contributed by atoms with E-state index in [2.05, 4.69) is 47.5 Å². The van der Waals surface area contributed by atoms with E-state index in [1.807, 2.05) is 11.3 Å². The van der Waals surface area contributed by atoms with Crippen LogP contribution in [0, 0.1) is 0 Å². The fourth-order valence-electron chi connectivity index (χ4n) is 3.71. The van der Waals surface area contributed by atoms with Crippen molar-refractivity contribution in [2.24, 2.45) is 0 Å². The fourth-order valence-corrected chi connectivity index (χ4v) is 4.41. The Labute approximate surface area is 156 Å². The zero-order valence-corrected chi connectivity index (χ0v) is 16.3. The number of nitrogens with zero attached hydrogens (tertiary/aromatic N) is 1. The van der Waals surface area contributed by atoms with Gasteiger partial charge in [0.15, 0.2) is 0 Å². The average molecular weight is 366 g/mol. The second kappa shape index (κ2) is 9.45. The van der Waals surface area contributed by atoms with Gasteiger partial charge >= 0.3 is 0 Å². The first-order valence-electron chi connectivity index (χ1n) is 8.72. The van der Waals surface area contributed by atoms with E-state index in [0.717, 1.165) is 25.3 Å². The SMILES string of the molecule is CCN(CCc1cccs1)CC1CCCc2c(OC)cccc21.Cl. The zero-order chi connectivity index (χ0) is 16.1. The van der Waals surface area contributed by atoms with Crippen molar-refractivity contribution >= 4 is 23.7 Å². The smallest absolute Gasteiger partial charge is 0.122 e. The zero-order valence-electron chi connectivity index (χ0n) is 14.7. The third-order valence-electron chi connectivity index (χ3n) is 4.99. The van der Waals surface area contributed by atoms with Gasteiger partial charge in [0.25, 0.3) is 0 Å². The molecule has 1 unspecified atom stereocenters. The van der Waals surface area contributed by atoms with Crippen LogP contribution in [0.4, 0.5) is 0 Å². The summed E-state index contributed by atoms with van der Waals surface area (Å²) in [5.74, 6) is 1.73. The first kappa shape index (κ1) is 19.3. The number of methoxy groups -OCH3 is 1. The molecular formula is C20H28ClNOS. The lowest BCUT2D eigenvalue weighted by molar-refractivity contribution is 0.262. The van der Waals surface area contributed by atoms with Crippen LogP contribution in [-0.4, -0.2) is 31.6 Å². The Balaban J connectivity index is 0.00000208. The summed E-state index contributed by atoms with van der Waals surface area (Å²) in [6.45, 7) is 5.74. The first-order valence-corrected chi connectivity index (χ1v) is 9.60. The van der Waals surface area contributed by atoms with Crippen molar-refractivity contribution in [3.63, 3.8) is 0 Å². The molecule has 1 aliphatic carbocycles. The molecule has 1 aromatic heterocycles. The van der Waals surface area contributed by atoms with E-state index in [1.165, 1.54) is 41.8 Å². The lowest BCUT2D eigenvalue weighted by Gasteiger charge is -2.31. The summed E-state index contributed by atoms with van der Waals surface area (Å²) in [4.78, 5) is 4.10. The fraction of sp³-hybridized carbons (Fsp3) is 0.500. The molecule has 24 heavy (non-hydrogen) atoms. The summed E-state index contributed by atoms with van der Waals surface area (Å²) >= 11 is 1.87. The van der Waals surface area contributed by atoms with E-state index in [9.17, 15) is 0 Å². The number of hydrogen-bond acceptors (Lipinski definition) is 3. The monoisotopic (exact) mass is 365 g/mol. The molecule has 0 spiro atoms. The van der Waals surface area contributed by atoms with Crippen LogP contribution in [0.15, 0.2) is 35.7 Å². The largest absolute Gasteiger partial charge is 0.496 e. The maximum Gasteiger partial charge on any atom is 0.122 e. The molecule has 0 bridgehead atoms. The standard InChI is InChI=1S/C20H27NOS.ClH/c1-3-21(13-12-17-8-6-14-23-17)15-16-7-4-10-19-18(16)9-5-11-20(19)22-2;/h5-6,8-9,11,14,16H,3-4,7,10,12-13,15H2,1-2H3;1H. The predicted molar refractivity (Wildman–Crippen MR) is 106 cm³/mol. The molecule has 0 N–H and O–H groups in total. The van der Waals surface area contributed by atoms with Gasteiger partial charge in [-0.25, -0.2) is 0 Å². The van der Waals surface area contributed by atoms with Crippen molar-refractivity contribution in [3.8, 4) is 5.75 Å². The number of hydrogen-bond donors (Lipinski definition) is 0. The van der Waals surface area contributed by atoms with Gasteiger partial charge in [-0.1, -0.05) is 25.1 Å². The number of ether oxygens (including phenoxy) is 1.